The second-order valence-corrected chi connectivity index (χ2v) is 9.41. The van der Waals surface area contributed by atoms with E-state index in [1.165, 1.54) is 30.0 Å². The molecule has 0 aliphatic carbocycles. The van der Waals surface area contributed by atoms with Crippen molar-refractivity contribution in [2.45, 2.75) is 66.7 Å². The van der Waals surface area contributed by atoms with Crippen LogP contribution in [0.25, 0.3) is 10.2 Å². The van der Waals surface area contributed by atoms with E-state index in [4.69, 9.17) is 21.4 Å². The maximum Gasteiger partial charge on any atom is 0.224 e. The third-order valence-electron chi connectivity index (χ3n) is 5.19. The van der Waals surface area contributed by atoms with Gasteiger partial charge < -0.3 is 14.7 Å². The van der Waals surface area contributed by atoms with Crippen LogP contribution in [0.4, 0.5) is 5.82 Å². The molecule has 1 N–H and O–H groups in total. The molecule has 0 bridgehead atoms. The summed E-state index contributed by atoms with van der Waals surface area (Å²) in [4.78, 5) is 27.6. The van der Waals surface area contributed by atoms with Crippen LogP contribution < -0.4 is 4.90 Å². The molecule has 3 rings (SSSR count). The van der Waals surface area contributed by atoms with Crippen molar-refractivity contribution in [1.29, 1.82) is 0 Å². The van der Waals surface area contributed by atoms with E-state index in [1.54, 1.807) is 11.3 Å². The van der Waals surface area contributed by atoms with Crippen LogP contribution in [0.2, 0.25) is 5.28 Å². The van der Waals surface area contributed by atoms with Gasteiger partial charge in [-0.05, 0) is 43.9 Å². The first-order valence-electron chi connectivity index (χ1n) is 12.7. The van der Waals surface area contributed by atoms with Crippen LogP contribution in [0.3, 0.4) is 0 Å². The number of anilines is 1. The molecule has 2 aromatic heterocycles. The van der Waals surface area contributed by atoms with Crippen LogP contribution >= 0.6 is 22.9 Å². The zero-order valence-corrected chi connectivity index (χ0v) is 23.9. The van der Waals surface area contributed by atoms with Gasteiger partial charge in [-0.1, -0.05) is 53.2 Å². The molecule has 9 heteroatoms. The number of allylic oxidation sites excluding steroid dienone is 1. The van der Waals surface area contributed by atoms with Crippen LogP contribution in [-0.2, 0) is 16.0 Å². The fourth-order valence-electron chi connectivity index (χ4n) is 3.34. The predicted molar refractivity (Wildman–Crippen MR) is 154 cm³/mol. The van der Waals surface area contributed by atoms with Crippen LogP contribution in [0.1, 0.15) is 65.2 Å². The Hall–Kier alpha value is -2.13. The number of aromatic nitrogens is 2. The van der Waals surface area contributed by atoms with Gasteiger partial charge in [0, 0.05) is 35.5 Å². The summed E-state index contributed by atoms with van der Waals surface area (Å²) in [6.07, 6.45) is 8.32. The number of aliphatic hydroxyl groups is 1. The summed E-state index contributed by atoms with van der Waals surface area (Å²) >= 11 is 7.88. The molecule has 0 amide bonds. The first-order chi connectivity index (χ1) is 17.4. The van der Waals surface area contributed by atoms with Gasteiger partial charge in [0.1, 0.15) is 6.61 Å². The minimum absolute atomic E-state index is 0.332. The van der Waals surface area contributed by atoms with Crippen LogP contribution in [-0.4, -0.2) is 59.5 Å². The Kier molecular flexibility index (Phi) is 16.1. The zero-order valence-electron chi connectivity index (χ0n) is 22.3. The fraction of sp³-hybridized carbons (Fsp3) is 0.556. The Bertz CT molecular complexity index is 1010. The number of fused-ring (bicyclic) bond motifs is 1. The van der Waals surface area contributed by atoms with Gasteiger partial charge in [-0.2, -0.15) is 4.98 Å². The van der Waals surface area contributed by atoms with Crippen LogP contribution in [0, 0.1) is 0 Å². The number of ether oxygens (including phenoxy) is 1. The predicted octanol–water partition coefficient (Wildman–Crippen LogP) is 6.43. The lowest BCUT2D eigenvalue weighted by atomic mass is 10.2. The molecule has 0 radical (unpaired) electrons. The molecular formula is C27H41ClN4O3S. The van der Waals surface area contributed by atoms with E-state index < -0.39 is 6.61 Å². The monoisotopic (exact) mass is 536 g/mol. The highest BCUT2D eigenvalue weighted by molar-refractivity contribution is 7.19. The maximum absolute atomic E-state index is 11.1. The van der Waals surface area contributed by atoms with Crippen molar-refractivity contribution >= 4 is 50.5 Å². The number of halogens is 1. The quantitative estimate of drug-likeness (QED) is 0.163. The topological polar surface area (TPSA) is 87.9 Å². The van der Waals surface area contributed by atoms with E-state index in [2.05, 4.69) is 46.4 Å². The van der Waals surface area contributed by atoms with Gasteiger partial charge in [0.05, 0.1) is 23.4 Å². The number of unbranched alkanes of at least 4 members (excludes halogenated alkanes) is 1. The number of Topliss-reactive ketones (excluding diaryl/α,β-unsaturated/α-hetero) is 1. The molecule has 2 aromatic rings. The third-order valence-corrected chi connectivity index (χ3v) is 6.54. The van der Waals surface area contributed by atoms with Crippen molar-refractivity contribution in [3.8, 4) is 0 Å². The molecule has 200 valence electrons. The minimum atomic E-state index is -0.500. The largest absolute Gasteiger partial charge is 0.388 e. The van der Waals surface area contributed by atoms with Gasteiger partial charge >= 0.3 is 0 Å². The SMILES string of the molecule is C=C/C(=C\N=C(C)CCC)C(=O)CO.CC.CCCCc1cc2nc(Cl)nc(N3CCOCC3)c2s1. The van der Waals surface area contributed by atoms with Gasteiger partial charge in [0.25, 0.3) is 0 Å². The summed E-state index contributed by atoms with van der Waals surface area (Å²) in [5, 5.41) is 8.95. The molecule has 1 aliphatic heterocycles. The van der Waals surface area contributed by atoms with E-state index in [1.807, 2.05) is 20.8 Å². The number of thiophene rings is 1. The first-order valence-corrected chi connectivity index (χ1v) is 13.9. The lowest BCUT2D eigenvalue weighted by Crippen LogP contribution is -2.36. The van der Waals surface area contributed by atoms with Crippen molar-refractivity contribution in [2.24, 2.45) is 4.99 Å². The molecule has 1 fully saturated rings. The second-order valence-electron chi connectivity index (χ2n) is 7.93. The van der Waals surface area contributed by atoms with Crippen molar-refractivity contribution in [3.05, 3.63) is 40.7 Å². The number of nitrogens with zero attached hydrogens (tertiary/aromatic N) is 4. The molecule has 0 spiro atoms. The molecule has 36 heavy (non-hydrogen) atoms. The molecular weight excluding hydrogens is 496 g/mol. The van der Waals surface area contributed by atoms with E-state index >= 15 is 0 Å². The Morgan fingerprint density at radius 2 is 1.97 bits per heavy atom. The summed E-state index contributed by atoms with van der Waals surface area (Å²) in [6, 6.07) is 2.16. The second kappa shape index (κ2) is 18.2. The summed E-state index contributed by atoms with van der Waals surface area (Å²) < 4.78 is 6.56. The number of aliphatic imine (C=N–C) groups is 1. The molecule has 1 aliphatic rings. The van der Waals surface area contributed by atoms with E-state index in [0.717, 1.165) is 67.3 Å². The Labute approximate surface area is 225 Å². The van der Waals surface area contributed by atoms with Crippen molar-refractivity contribution in [3.63, 3.8) is 0 Å². The molecule has 0 saturated carbocycles. The summed E-state index contributed by atoms with van der Waals surface area (Å²) in [7, 11) is 0. The van der Waals surface area contributed by atoms with Gasteiger partial charge in [0.2, 0.25) is 5.28 Å². The molecule has 0 unspecified atom stereocenters. The number of hydrogen-bond acceptors (Lipinski definition) is 8. The third kappa shape index (κ3) is 10.5. The van der Waals surface area contributed by atoms with E-state index in [9.17, 15) is 4.79 Å². The normalized spacial score (nSPS) is 14.0. The smallest absolute Gasteiger partial charge is 0.224 e. The van der Waals surface area contributed by atoms with E-state index in [0.29, 0.717) is 10.9 Å². The Morgan fingerprint density at radius 3 is 2.56 bits per heavy atom. The molecule has 7 nitrogen and oxygen atoms in total. The fourth-order valence-corrected chi connectivity index (χ4v) is 4.66. The van der Waals surface area contributed by atoms with Gasteiger partial charge in [-0.25, -0.2) is 4.98 Å². The standard InChI is InChI=1S/C14H18ClN3OS.C11H17NO2.C2H6/c1-2-3-4-10-9-11-12(20-10)13(17-14(15)16-11)18-5-7-19-8-6-18;1-4-6-9(3)12-7-10(5-2)11(14)8-13;1-2/h9H,2-8H2,1H3;5,7,13H,2,4,6,8H2,1,3H3;1-2H3/b;10-7+,12-9?;. The molecule has 0 atom stereocenters. The summed E-state index contributed by atoms with van der Waals surface area (Å²) in [5.41, 5.74) is 2.29. The van der Waals surface area contributed by atoms with Gasteiger partial charge in [-0.15, -0.1) is 11.3 Å². The first kappa shape index (κ1) is 31.9. The average molecular weight is 537 g/mol. The average Bonchev–Trinajstić information content (AvgIpc) is 3.32. The van der Waals surface area contributed by atoms with Crippen LogP contribution in [0.5, 0.6) is 0 Å². The molecule has 3 heterocycles. The van der Waals surface area contributed by atoms with Gasteiger partial charge in [-0.3, -0.25) is 9.79 Å². The zero-order chi connectivity index (χ0) is 26.9. The summed E-state index contributed by atoms with van der Waals surface area (Å²) in [5.74, 6) is 0.615. The number of aryl methyl sites for hydroxylation is 1. The minimum Gasteiger partial charge on any atom is -0.388 e. The lowest BCUT2D eigenvalue weighted by Gasteiger charge is -2.28. The number of ketones is 1. The number of rotatable bonds is 10. The highest BCUT2D eigenvalue weighted by Gasteiger charge is 2.19. The van der Waals surface area contributed by atoms with Crippen molar-refractivity contribution in [2.75, 3.05) is 37.8 Å². The number of carbonyl (C=O) groups excluding carboxylic acids is 1. The highest BCUT2D eigenvalue weighted by atomic mass is 35.5. The Balaban J connectivity index is 0.000000359. The van der Waals surface area contributed by atoms with Gasteiger partial charge in [0.15, 0.2) is 11.6 Å². The number of carbonyl (C=O) groups is 1. The highest BCUT2D eigenvalue weighted by Crippen LogP contribution is 2.33. The van der Waals surface area contributed by atoms with E-state index in [-0.39, 0.29) is 5.78 Å². The number of aliphatic hydroxyl groups excluding tert-OH is 1. The number of hydrogen-bond donors (Lipinski definition) is 1. The molecule has 1 saturated heterocycles. The lowest BCUT2D eigenvalue weighted by molar-refractivity contribution is -0.117. The summed E-state index contributed by atoms with van der Waals surface area (Å²) in [6.45, 7) is 16.4. The van der Waals surface area contributed by atoms with Crippen LogP contribution in [0.15, 0.2) is 35.5 Å². The molecule has 0 aromatic carbocycles. The van der Waals surface area contributed by atoms with Crippen molar-refractivity contribution < 1.29 is 14.6 Å². The van der Waals surface area contributed by atoms with Crippen molar-refractivity contribution in [1.82, 2.24) is 9.97 Å². The Morgan fingerprint density at radius 1 is 1.28 bits per heavy atom. The number of morpholine rings is 1. The maximum atomic E-state index is 11.1.